The Balaban J connectivity index is 1.91. The summed E-state index contributed by atoms with van der Waals surface area (Å²) in [6.45, 7) is 3.51. The first kappa shape index (κ1) is 15.5. The Morgan fingerprint density at radius 2 is 2.04 bits per heavy atom. The number of rotatable bonds is 3. The molecule has 0 heterocycles. The molecule has 0 radical (unpaired) electrons. The SMILES string of the molecule is C=CCOC(=O)C1=C2C=Cc3c(ccc4ccccc34)C2(O)CC1=O. The van der Waals surface area contributed by atoms with Gasteiger partial charge in [-0.25, -0.2) is 4.79 Å². The molecule has 2 aromatic carbocycles. The monoisotopic (exact) mass is 332 g/mol. The predicted molar refractivity (Wildman–Crippen MR) is 94.7 cm³/mol. The highest BCUT2D eigenvalue weighted by Crippen LogP contribution is 2.48. The Hall–Kier alpha value is -2.98. The average molecular weight is 332 g/mol. The van der Waals surface area contributed by atoms with Crippen LogP contribution in [0.3, 0.4) is 0 Å². The zero-order chi connectivity index (χ0) is 17.6. The normalized spacial score (nSPS) is 21.2. The van der Waals surface area contributed by atoms with Gasteiger partial charge < -0.3 is 9.84 Å². The van der Waals surface area contributed by atoms with Crippen LogP contribution in [0, 0.1) is 0 Å². The van der Waals surface area contributed by atoms with Gasteiger partial charge in [0.2, 0.25) is 0 Å². The lowest BCUT2D eigenvalue weighted by Crippen LogP contribution is -2.28. The summed E-state index contributed by atoms with van der Waals surface area (Å²) in [7, 11) is 0. The van der Waals surface area contributed by atoms with Gasteiger partial charge in [-0.1, -0.05) is 61.2 Å². The van der Waals surface area contributed by atoms with Crippen molar-refractivity contribution in [2.24, 2.45) is 0 Å². The number of carbonyl (C=O) groups excluding carboxylic acids is 2. The van der Waals surface area contributed by atoms with Crippen LogP contribution in [-0.2, 0) is 19.9 Å². The second-order valence-corrected chi connectivity index (χ2v) is 6.22. The molecule has 4 heteroatoms. The molecule has 0 amide bonds. The molecule has 0 bridgehead atoms. The van der Waals surface area contributed by atoms with E-state index >= 15 is 0 Å². The molecule has 2 aliphatic carbocycles. The van der Waals surface area contributed by atoms with Gasteiger partial charge in [-0.2, -0.15) is 0 Å². The first-order valence-corrected chi connectivity index (χ1v) is 8.05. The van der Waals surface area contributed by atoms with Gasteiger partial charge in [-0.15, -0.1) is 0 Å². The molecule has 2 aliphatic rings. The fourth-order valence-corrected chi connectivity index (χ4v) is 3.67. The highest BCUT2D eigenvalue weighted by atomic mass is 16.5. The lowest BCUT2D eigenvalue weighted by atomic mass is 9.78. The summed E-state index contributed by atoms with van der Waals surface area (Å²) in [6.07, 6.45) is 4.79. The van der Waals surface area contributed by atoms with E-state index in [9.17, 15) is 14.7 Å². The van der Waals surface area contributed by atoms with Crippen molar-refractivity contribution in [1.29, 1.82) is 0 Å². The van der Waals surface area contributed by atoms with Gasteiger partial charge >= 0.3 is 5.97 Å². The van der Waals surface area contributed by atoms with E-state index in [1.807, 2.05) is 42.5 Å². The van der Waals surface area contributed by atoms with Gasteiger partial charge in [0.25, 0.3) is 0 Å². The van der Waals surface area contributed by atoms with E-state index in [-0.39, 0.29) is 18.6 Å². The lowest BCUT2D eigenvalue weighted by molar-refractivity contribution is -0.139. The Kier molecular flexibility index (Phi) is 3.44. The Morgan fingerprint density at radius 3 is 2.84 bits per heavy atom. The maximum Gasteiger partial charge on any atom is 0.342 e. The highest BCUT2D eigenvalue weighted by molar-refractivity contribution is 6.21. The minimum atomic E-state index is -1.49. The van der Waals surface area contributed by atoms with Crippen LogP contribution in [0.2, 0.25) is 0 Å². The van der Waals surface area contributed by atoms with Crippen LogP contribution in [0.1, 0.15) is 17.5 Å². The number of Topliss-reactive ketones (excluding diaryl/α,β-unsaturated/α-hetero) is 1. The minimum Gasteiger partial charge on any atom is -0.458 e. The molecule has 124 valence electrons. The number of fused-ring (bicyclic) bond motifs is 5. The predicted octanol–water partition coefficient (Wildman–Crippen LogP) is 3.05. The van der Waals surface area contributed by atoms with Crippen molar-refractivity contribution >= 4 is 28.6 Å². The number of ether oxygens (including phenoxy) is 1. The largest absolute Gasteiger partial charge is 0.458 e. The molecular weight excluding hydrogens is 316 g/mol. The molecule has 0 aliphatic heterocycles. The number of aliphatic hydroxyl groups is 1. The van der Waals surface area contributed by atoms with Crippen molar-refractivity contribution in [3.8, 4) is 0 Å². The first-order chi connectivity index (χ1) is 12.1. The van der Waals surface area contributed by atoms with Crippen LogP contribution in [0.5, 0.6) is 0 Å². The number of ketones is 1. The topological polar surface area (TPSA) is 63.6 Å². The van der Waals surface area contributed by atoms with E-state index in [0.717, 1.165) is 16.3 Å². The van der Waals surface area contributed by atoms with Crippen molar-refractivity contribution in [1.82, 2.24) is 0 Å². The fourth-order valence-electron chi connectivity index (χ4n) is 3.67. The first-order valence-electron chi connectivity index (χ1n) is 8.05. The summed E-state index contributed by atoms with van der Waals surface area (Å²) in [4.78, 5) is 24.7. The number of esters is 1. The molecule has 0 fully saturated rings. The van der Waals surface area contributed by atoms with Crippen molar-refractivity contribution < 1.29 is 19.4 Å². The molecule has 1 atom stereocenters. The van der Waals surface area contributed by atoms with Crippen LogP contribution in [-0.4, -0.2) is 23.5 Å². The molecule has 1 N–H and O–H groups in total. The molecule has 0 saturated carbocycles. The fraction of sp³-hybridized carbons (Fsp3) is 0.143. The third-order valence-electron chi connectivity index (χ3n) is 4.78. The van der Waals surface area contributed by atoms with E-state index in [1.165, 1.54) is 6.08 Å². The van der Waals surface area contributed by atoms with Gasteiger partial charge in [0.15, 0.2) is 5.78 Å². The van der Waals surface area contributed by atoms with Crippen molar-refractivity contribution in [3.63, 3.8) is 0 Å². The molecule has 0 saturated heterocycles. The van der Waals surface area contributed by atoms with Crippen LogP contribution in [0.4, 0.5) is 0 Å². The third-order valence-corrected chi connectivity index (χ3v) is 4.78. The molecule has 2 aromatic rings. The van der Waals surface area contributed by atoms with Crippen LogP contribution in [0.15, 0.2) is 66.3 Å². The smallest absolute Gasteiger partial charge is 0.342 e. The molecule has 4 rings (SSSR count). The minimum absolute atomic E-state index is 0.0201. The second kappa shape index (κ2) is 5.53. The number of carbonyl (C=O) groups is 2. The molecule has 1 unspecified atom stereocenters. The summed E-state index contributed by atoms with van der Waals surface area (Å²) < 4.78 is 5.02. The maximum atomic E-state index is 12.4. The average Bonchev–Trinajstić information content (AvgIpc) is 2.89. The van der Waals surface area contributed by atoms with E-state index in [0.29, 0.717) is 11.1 Å². The van der Waals surface area contributed by atoms with E-state index in [1.54, 1.807) is 6.08 Å². The molecule has 0 spiro atoms. The zero-order valence-electron chi connectivity index (χ0n) is 13.5. The summed E-state index contributed by atoms with van der Waals surface area (Å²) in [5.41, 5.74) is 0.267. The Labute approximate surface area is 144 Å². The van der Waals surface area contributed by atoms with Gasteiger partial charge in [0.1, 0.15) is 17.8 Å². The number of hydrogen-bond donors (Lipinski definition) is 1. The summed E-state index contributed by atoms with van der Waals surface area (Å²) in [5.74, 6) is -1.12. The summed E-state index contributed by atoms with van der Waals surface area (Å²) in [5, 5.41) is 13.3. The van der Waals surface area contributed by atoms with Gasteiger partial charge in [0, 0.05) is 12.0 Å². The van der Waals surface area contributed by atoms with Crippen molar-refractivity contribution in [2.75, 3.05) is 6.61 Å². The second-order valence-electron chi connectivity index (χ2n) is 6.22. The highest BCUT2D eigenvalue weighted by Gasteiger charge is 2.49. The molecular formula is C21H16O4. The Bertz CT molecular complexity index is 996. The van der Waals surface area contributed by atoms with Gasteiger partial charge in [-0.05, 0) is 21.9 Å². The maximum absolute atomic E-state index is 12.4. The lowest BCUT2D eigenvalue weighted by Gasteiger charge is -2.30. The van der Waals surface area contributed by atoms with E-state index in [4.69, 9.17) is 4.74 Å². The third kappa shape index (κ3) is 2.18. The van der Waals surface area contributed by atoms with E-state index in [2.05, 4.69) is 6.58 Å². The van der Waals surface area contributed by atoms with Crippen LogP contribution < -0.4 is 0 Å². The van der Waals surface area contributed by atoms with E-state index < -0.39 is 17.4 Å². The Morgan fingerprint density at radius 1 is 1.24 bits per heavy atom. The van der Waals surface area contributed by atoms with Crippen LogP contribution >= 0.6 is 0 Å². The van der Waals surface area contributed by atoms with Gasteiger partial charge in [0.05, 0.1) is 0 Å². The standard InChI is InChI=1S/C21H16O4/c1-2-11-25-20(23)19-17-10-8-15-14-6-4-3-5-13(14)7-9-16(15)21(17,24)12-18(19)22/h2-10,24H,1,11-12H2. The quantitative estimate of drug-likeness (QED) is 0.533. The molecule has 0 aromatic heterocycles. The van der Waals surface area contributed by atoms with Crippen molar-refractivity contribution in [3.05, 3.63) is 77.4 Å². The molecule has 4 nitrogen and oxygen atoms in total. The van der Waals surface area contributed by atoms with Crippen molar-refractivity contribution in [2.45, 2.75) is 12.0 Å². The number of hydrogen-bond acceptors (Lipinski definition) is 4. The summed E-state index contributed by atoms with van der Waals surface area (Å²) in [6, 6.07) is 11.6. The van der Waals surface area contributed by atoms with Crippen LogP contribution in [0.25, 0.3) is 16.8 Å². The van der Waals surface area contributed by atoms with Gasteiger partial charge in [-0.3, -0.25) is 4.79 Å². The zero-order valence-corrected chi connectivity index (χ0v) is 13.5. The molecule has 25 heavy (non-hydrogen) atoms. The number of benzene rings is 2. The summed E-state index contributed by atoms with van der Waals surface area (Å²) >= 11 is 0.